The van der Waals surface area contributed by atoms with E-state index >= 15 is 0 Å². The normalized spacial score (nSPS) is 29.6. The summed E-state index contributed by atoms with van der Waals surface area (Å²) in [6.07, 6.45) is 0. The van der Waals surface area contributed by atoms with Gasteiger partial charge in [-0.15, -0.1) is 0 Å². The Morgan fingerprint density at radius 1 is 1.50 bits per heavy atom. The third-order valence-electron chi connectivity index (χ3n) is 3.94. The maximum Gasteiger partial charge on any atom is 0.224 e. The number of ether oxygens (including phenoxy) is 2. The molecule has 0 aromatic carbocycles. The average molecular weight is 300 g/mol. The Morgan fingerprint density at radius 2 is 2.30 bits per heavy atom. The predicted molar refractivity (Wildman–Crippen MR) is 73.9 cm³/mol. The summed E-state index contributed by atoms with van der Waals surface area (Å²) in [5.74, 6) is 0.799. The first-order chi connectivity index (χ1) is 9.55. The standard InChI is InChI=1S/C13H18ClN3O3/c1-8-5-19-4-3-17(8)11-9-6-20-13(2,7-18)10(9)15-12(14)16-11/h8,18H,3-7H2,1-2H3/t8-,13?/m0/s1. The van der Waals surface area contributed by atoms with Crippen LogP contribution in [0, 0.1) is 0 Å². The lowest BCUT2D eigenvalue weighted by Crippen LogP contribution is -2.44. The quantitative estimate of drug-likeness (QED) is 0.825. The van der Waals surface area contributed by atoms with Gasteiger partial charge < -0.3 is 19.5 Å². The first-order valence-corrected chi connectivity index (χ1v) is 7.09. The number of hydrogen-bond acceptors (Lipinski definition) is 6. The lowest BCUT2D eigenvalue weighted by molar-refractivity contribution is -0.0624. The zero-order chi connectivity index (χ0) is 14.3. The van der Waals surface area contributed by atoms with E-state index < -0.39 is 5.60 Å². The van der Waals surface area contributed by atoms with Crippen LogP contribution in [0.4, 0.5) is 5.82 Å². The molecule has 2 atom stereocenters. The Morgan fingerprint density at radius 3 is 3.00 bits per heavy atom. The molecule has 0 bridgehead atoms. The second-order valence-corrected chi connectivity index (χ2v) is 5.78. The molecule has 2 aliphatic heterocycles. The SMILES string of the molecule is C[C@H]1COCCN1c1nc(Cl)nc2c1COC2(C)CO. The minimum absolute atomic E-state index is 0.133. The molecule has 1 aromatic rings. The highest BCUT2D eigenvalue weighted by atomic mass is 35.5. The number of anilines is 1. The maximum absolute atomic E-state index is 9.55. The molecule has 1 saturated heterocycles. The van der Waals surface area contributed by atoms with Gasteiger partial charge in [0.15, 0.2) is 0 Å². The Bertz CT molecular complexity index is 528. The summed E-state index contributed by atoms with van der Waals surface area (Å²) in [6.45, 7) is 6.25. The van der Waals surface area contributed by atoms with Crippen LogP contribution in [0.15, 0.2) is 0 Å². The molecule has 2 aliphatic rings. The van der Waals surface area contributed by atoms with Crippen LogP contribution >= 0.6 is 11.6 Å². The van der Waals surface area contributed by atoms with Crippen molar-refractivity contribution in [3.8, 4) is 0 Å². The van der Waals surface area contributed by atoms with Crippen molar-refractivity contribution in [2.75, 3.05) is 31.3 Å². The molecule has 0 saturated carbocycles. The van der Waals surface area contributed by atoms with Crippen LogP contribution in [0.1, 0.15) is 25.1 Å². The van der Waals surface area contributed by atoms with Crippen molar-refractivity contribution in [3.05, 3.63) is 16.5 Å². The Kier molecular flexibility index (Phi) is 3.58. The molecular weight excluding hydrogens is 282 g/mol. The second kappa shape index (κ2) is 5.11. The number of fused-ring (bicyclic) bond motifs is 1. The van der Waals surface area contributed by atoms with E-state index in [0.717, 1.165) is 17.9 Å². The van der Waals surface area contributed by atoms with E-state index in [1.807, 2.05) is 6.92 Å². The van der Waals surface area contributed by atoms with Crippen molar-refractivity contribution >= 4 is 17.4 Å². The predicted octanol–water partition coefficient (Wildman–Crippen LogP) is 1.09. The zero-order valence-corrected chi connectivity index (χ0v) is 12.4. The van der Waals surface area contributed by atoms with Gasteiger partial charge in [0.2, 0.25) is 5.28 Å². The van der Waals surface area contributed by atoms with Crippen molar-refractivity contribution in [3.63, 3.8) is 0 Å². The maximum atomic E-state index is 9.55. The van der Waals surface area contributed by atoms with Crippen LogP contribution in [-0.2, 0) is 21.7 Å². The lowest BCUT2D eigenvalue weighted by Gasteiger charge is -2.35. The molecule has 110 valence electrons. The monoisotopic (exact) mass is 299 g/mol. The highest BCUT2D eigenvalue weighted by Crippen LogP contribution is 2.39. The van der Waals surface area contributed by atoms with E-state index in [0.29, 0.717) is 25.5 Å². The molecule has 7 heteroatoms. The molecule has 0 aliphatic carbocycles. The van der Waals surface area contributed by atoms with Gasteiger partial charge in [-0.25, -0.2) is 9.97 Å². The molecule has 6 nitrogen and oxygen atoms in total. The van der Waals surface area contributed by atoms with Gasteiger partial charge in [-0.2, -0.15) is 0 Å². The van der Waals surface area contributed by atoms with E-state index in [-0.39, 0.29) is 17.9 Å². The van der Waals surface area contributed by atoms with Crippen LogP contribution in [0.3, 0.4) is 0 Å². The molecule has 3 rings (SSSR count). The van der Waals surface area contributed by atoms with Gasteiger partial charge in [0.05, 0.1) is 38.2 Å². The molecular formula is C13H18ClN3O3. The van der Waals surface area contributed by atoms with Gasteiger partial charge >= 0.3 is 0 Å². The summed E-state index contributed by atoms with van der Waals surface area (Å²) in [5.41, 5.74) is 0.806. The Balaban J connectivity index is 2.07. The number of aromatic nitrogens is 2. The van der Waals surface area contributed by atoms with Gasteiger partial charge in [0, 0.05) is 12.1 Å². The molecule has 20 heavy (non-hydrogen) atoms. The summed E-state index contributed by atoms with van der Waals surface area (Å²) in [4.78, 5) is 10.8. The first-order valence-electron chi connectivity index (χ1n) is 6.71. The molecule has 1 N–H and O–H groups in total. The Labute approximate surface area is 122 Å². The van der Waals surface area contributed by atoms with Crippen molar-refractivity contribution in [1.82, 2.24) is 9.97 Å². The Hall–Kier alpha value is -0.950. The van der Waals surface area contributed by atoms with Crippen molar-refractivity contribution < 1.29 is 14.6 Å². The van der Waals surface area contributed by atoms with E-state index in [1.54, 1.807) is 0 Å². The van der Waals surface area contributed by atoms with Crippen LogP contribution < -0.4 is 4.90 Å². The highest BCUT2D eigenvalue weighted by molar-refractivity contribution is 6.28. The highest BCUT2D eigenvalue weighted by Gasteiger charge is 2.40. The minimum atomic E-state index is -0.799. The van der Waals surface area contributed by atoms with Gasteiger partial charge in [-0.1, -0.05) is 0 Å². The molecule has 0 radical (unpaired) electrons. The molecule has 3 heterocycles. The van der Waals surface area contributed by atoms with E-state index in [9.17, 15) is 5.11 Å². The molecule has 1 aromatic heterocycles. The largest absolute Gasteiger partial charge is 0.393 e. The lowest BCUT2D eigenvalue weighted by atomic mass is 10.0. The fourth-order valence-electron chi connectivity index (χ4n) is 2.72. The van der Waals surface area contributed by atoms with Gasteiger partial charge in [-0.05, 0) is 25.4 Å². The van der Waals surface area contributed by atoms with Crippen molar-refractivity contribution in [1.29, 1.82) is 0 Å². The van der Waals surface area contributed by atoms with Gasteiger partial charge in [0.1, 0.15) is 11.4 Å². The molecule has 1 unspecified atom stereocenters. The average Bonchev–Trinajstić information content (AvgIpc) is 2.77. The molecule has 1 fully saturated rings. The molecule has 0 spiro atoms. The fraction of sp³-hybridized carbons (Fsp3) is 0.692. The number of hydrogen-bond donors (Lipinski definition) is 1. The summed E-state index contributed by atoms with van der Waals surface area (Å²) in [5, 5.41) is 9.74. The summed E-state index contributed by atoms with van der Waals surface area (Å²) in [6, 6.07) is 0.222. The number of morpholine rings is 1. The van der Waals surface area contributed by atoms with Crippen LogP contribution in [-0.4, -0.2) is 47.5 Å². The smallest absolute Gasteiger partial charge is 0.224 e. The summed E-state index contributed by atoms with van der Waals surface area (Å²) < 4.78 is 11.2. The fourth-order valence-corrected chi connectivity index (χ4v) is 2.88. The topological polar surface area (TPSA) is 67.7 Å². The van der Waals surface area contributed by atoms with Gasteiger partial charge in [-0.3, -0.25) is 0 Å². The summed E-state index contributed by atoms with van der Waals surface area (Å²) >= 11 is 6.06. The van der Waals surface area contributed by atoms with Crippen molar-refractivity contribution in [2.24, 2.45) is 0 Å². The zero-order valence-electron chi connectivity index (χ0n) is 11.6. The van der Waals surface area contributed by atoms with Crippen LogP contribution in [0.2, 0.25) is 5.28 Å². The minimum Gasteiger partial charge on any atom is -0.393 e. The van der Waals surface area contributed by atoms with Crippen molar-refractivity contribution in [2.45, 2.75) is 32.1 Å². The van der Waals surface area contributed by atoms with Crippen LogP contribution in [0.5, 0.6) is 0 Å². The number of aliphatic hydroxyl groups is 1. The molecule has 0 amide bonds. The van der Waals surface area contributed by atoms with Crippen LogP contribution in [0.25, 0.3) is 0 Å². The van der Waals surface area contributed by atoms with Gasteiger partial charge in [0.25, 0.3) is 0 Å². The number of rotatable bonds is 2. The van der Waals surface area contributed by atoms with E-state index in [4.69, 9.17) is 21.1 Å². The third-order valence-corrected chi connectivity index (χ3v) is 4.10. The number of halogens is 1. The van der Waals surface area contributed by atoms with E-state index in [1.165, 1.54) is 0 Å². The summed E-state index contributed by atoms with van der Waals surface area (Å²) in [7, 11) is 0. The first kappa shape index (κ1) is 14.0. The number of nitrogens with zero attached hydrogens (tertiary/aromatic N) is 3. The number of aliphatic hydroxyl groups excluding tert-OH is 1. The van der Waals surface area contributed by atoms with E-state index in [2.05, 4.69) is 21.8 Å². The second-order valence-electron chi connectivity index (χ2n) is 5.44. The third kappa shape index (κ3) is 2.16.